The second kappa shape index (κ2) is 10.5. The molecule has 0 aliphatic heterocycles. The lowest BCUT2D eigenvalue weighted by atomic mass is 10.2. The number of nitrogens with zero attached hydrogens (tertiary/aromatic N) is 3. The number of anilines is 1. The van der Waals surface area contributed by atoms with Crippen LogP contribution in [0.2, 0.25) is 0 Å². The van der Waals surface area contributed by atoms with Crippen LogP contribution in [0.4, 0.5) is 5.82 Å². The van der Waals surface area contributed by atoms with Crippen molar-refractivity contribution in [2.75, 3.05) is 12.4 Å². The summed E-state index contributed by atoms with van der Waals surface area (Å²) >= 11 is 0. The van der Waals surface area contributed by atoms with Gasteiger partial charge in [0.05, 0.1) is 31.2 Å². The summed E-state index contributed by atoms with van der Waals surface area (Å²) in [5.41, 5.74) is 8.88. The summed E-state index contributed by atoms with van der Waals surface area (Å²) in [5, 5.41) is 4.81. The average Bonchev–Trinajstić information content (AvgIpc) is 2.80. The van der Waals surface area contributed by atoms with Gasteiger partial charge in [-0.2, -0.15) is 0 Å². The Hall–Kier alpha value is -3.78. The quantitative estimate of drug-likeness (QED) is 0.350. The molecule has 1 atom stereocenters. The number of hydrazine groups is 1. The van der Waals surface area contributed by atoms with Gasteiger partial charge in [-0.3, -0.25) is 9.36 Å². The fraction of sp³-hybridized carbons (Fsp3) is 0.250. The molecular weight excluding hydrogens is 404 g/mol. The lowest BCUT2D eigenvalue weighted by molar-refractivity contribution is 0.386. The van der Waals surface area contributed by atoms with Gasteiger partial charge in [-0.05, 0) is 49.2 Å². The summed E-state index contributed by atoms with van der Waals surface area (Å²) in [5.74, 6) is 7.67. The standard InChI is InChI=1S/C24H30N6O2/c1-4-17(2)28-23-11-8-20(13-27-23)30-15-19(7-12-24(30)31)22(25)16-29(26)14-18-5-9-21(32-3)10-6-18/h5-13,15-17H,4,14,25-26H2,1-3H3,(H,27,28)/b22-16-. The Kier molecular flexibility index (Phi) is 7.51. The van der Waals surface area contributed by atoms with Crippen LogP contribution in [-0.4, -0.2) is 27.7 Å². The lowest BCUT2D eigenvalue weighted by Gasteiger charge is -2.16. The van der Waals surface area contributed by atoms with E-state index in [1.165, 1.54) is 15.6 Å². The highest BCUT2D eigenvalue weighted by atomic mass is 16.5. The zero-order valence-corrected chi connectivity index (χ0v) is 18.7. The second-order valence-electron chi connectivity index (χ2n) is 7.59. The van der Waals surface area contributed by atoms with Crippen molar-refractivity contribution in [2.45, 2.75) is 32.9 Å². The first-order valence-electron chi connectivity index (χ1n) is 10.5. The third-order valence-corrected chi connectivity index (χ3v) is 5.11. The van der Waals surface area contributed by atoms with Crippen LogP contribution in [0.5, 0.6) is 5.75 Å². The first-order valence-corrected chi connectivity index (χ1v) is 10.5. The molecule has 3 aromatic rings. The van der Waals surface area contributed by atoms with Gasteiger partial charge in [0, 0.05) is 30.1 Å². The molecule has 2 aromatic heterocycles. The predicted octanol–water partition coefficient (Wildman–Crippen LogP) is 3.08. The van der Waals surface area contributed by atoms with Gasteiger partial charge in [0.15, 0.2) is 0 Å². The number of methoxy groups -OCH3 is 1. The number of rotatable bonds is 9. The van der Waals surface area contributed by atoms with Crippen LogP contribution in [0.1, 0.15) is 31.4 Å². The van der Waals surface area contributed by atoms with Crippen molar-refractivity contribution in [3.05, 3.63) is 88.6 Å². The Morgan fingerprint density at radius 2 is 1.97 bits per heavy atom. The van der Waals surface area contributed by atoms with Crippen LogP contribution in [-0.2, 0) is 6.54 Å². The predicted molar refractivity (Wildman–Crippen MR) is 128 cm³/mol. The van der Waals surface area contributed by atoms with E-state index in [1.807, 2.05) is 36.4 Å². The molecule has 5 N–H and O–H groups in total. The topological polar surface area (TPSA) is 111 Å². The van der Waals surface area contributed by atoms with Gasteiger partial charge < -0.3 is 20.8 Å². The molecule has 0 saturated carbocycles. The third-order valence-electron chi connectivity index (χ3n) is 5.11. The lowest BCUT2D eigenvalue weighted by Crippen LogP contribution is -2.26. The van der Waals surface area contributed by atoms with Crippen LogP contribution < -0.4 is 27.2 Å². The van der Waals surface area contributed by atoms with Crippen LogP contribution in [0.25, 0.3) is 11.4 Å². The summed E-state index contributed by atoms with van der Waals surface area (Å²) in [7, 11) is 1.63. The molecular formula is C24H30N6O2. The van der Waals surface area contributed by atoms with Crippen LogP contribution in [0.15, 0.2) is 71.9 Å². The molecule has 3 rings (SSSR count). The SMILES string of the molecule is CCC(C)Nc1ccc(-n2cc(/C(N)=C/N(N)Cc3ccc(OC)cc3)ccc2=O)cn1. The first kappa shape index (κ1) is 22.9. The van der Waals surface area contributed by atoms with Gasteiger partial charge >= 0.3 is 0 Å². The zero-order chi connectivity index (χ0) is 23.1. The van der Waals surface area contributed by atoms with E-state index in [0.29, 0.717) is 29.5 Å². The maximum absolute atomic E-state index is 12.4. The van der Waals surface area contributed by atoms with Crippen LogP contribution >= 0.6 is 0 Å². The zero-order valence-electron chi connectivity index (χ0n) is 18.7. The molecule has 2 heterocycles. The Labute approximate surface area is 188 Å². The maximum Gasteiger partial charge on any atom is 0.255 e. The van der Waals surface area contributed by atoms with Crippen molar-refractivity contribution in [1.29, 1.82) is 0 Å². The van der Waals surface area contributed by atoms with Gasteiger partial charge in [-0.25, -0.2) is 10.8 Å². The molecule has 0 amide bonds. The van der Waals surface area contributed by atoms with E-state index in [-0.39, 0.29) is 5.56 Å². The van der Waals surface area contributed by atoms with Gasteiger partial charge in [-0.15, -0.1) is 0 Å². The van der Waals surface area contributed by atoms with Gasteiger partial charge in [0.1, 0.15) is 11.6 Å². The third kappa shape index (κ3) is 5.89. The van der Waals surface area contributed by atoms with E-state index in [4.69, 9.17) is 16.3 Å². The van der Waals surface area contributed by atoms with E-state index < -0.39 is 0 Å². The van der Waals surface area contributed by atoms with Gasteiger partial charge in [0.2, 0.25) is 0 Å². The Morgan fingerprint density at radius 3 is 2.59 bits per heavy atom. The molecule has 1 unspecified atom stereocenters. The molecule has 8 nitrogen and oxygen atoms in total. The molecule has 0 radical (unpaired) electrons. The van der Waals surface area contributed by atoms with Crippen molar-refractivity contribution < 1.29 is 4.74 Å². The van der Waals surface area contributed by atoms with Crippen LogP contribution in [0.3, 0.4) is 0 Å². The molecule has 8 heteroatoms. The second-order valence-corrected chi connectivity index (χ2v) is 7.59. The molecule has 0 bridgehead atoms. The summed E-state index contributed by atoms with van der Waals surface area (Å²) in [6, 6.07) is 14.8. The summed E-state index contributed by atoms with van der Waals surface area (Å²) < 4.78 is 6.68. The number of ether oxygens (including phenoxy) is 1. The normalized spacial score (nSPS) is 12.3. The highest BCUT2D eigenvalue weighted by Crippen LogP contribution is 2.15. The average molecular weight is 435 g/mol. The van der Waals surface area contributed by atoms with E-state index in [9.17, 15) is 4.79 Å². The summed E-state index contributed by atoms with van der Waals surface area (Å²) in [6.45, 7) is 4.67. The Bertz CT molecular complexity index is 1110. The molecule has 168 valence electrons. The minimum Gasteiger partial charge on any atom is -0.497 e. The molecule has 32 heavy (non-hydrogen) atoms. The number of nitrogens with one attached hydrogen (secondary N) is 1. The number of nitrogens with two attached hydrogens (primary N) is 2. The van der Waals surface area contributed by atoms with Crippen molar-refractivity contribution in [3.8, 4) is 11.4 Å². The largest absolute Gasteiger partial charge is 0.497 e. The van der Waals surface area contributed by atoms with Crippen LogP contribution in [0, 0.1) is 0 Å². The minimum atomic E-state index is -0.172. The molecule has 1 aromatic carbocycles. The van der Waals surface area contributed by atoms with E-state index in [2.05, 4.69) is 24.1 Å². The monoisotopic (exact) mass is 434 g/mol. The molecule has 0 spiro atoms. The number of aromatic nitrogens is 2. The highest BCUT2D eigenvalue weighted by Gasteiger charge is 2.07. The van der Waals surface area contributed by atoms with Crippen molar-refractivity contribution in [2.24, 2.45) is 11.6 Å². The first-order chi connectivity index (χ1) is 15.4. The summed E-state index contributed by atoms with van der Waals surface area (Å²) in [4.78, 5) is 16.8. The maximum atomic E-state index is 12.4. The van der Waals surface area contributed by atoms with Crippen molar-refractivity contribution in [3.63, 3.8) is 0 Å². The fourth-order valence-electron chi connectivity index (χ4n) is 3.07. The molecule has 0 saturated heterocycles. The van der Waals surface area contributed by atoms with E-state index in [0.717, 1.165) is 23.6 Å². The Balaban J connectivity index is 1.76. The fourth-order valence-corrected chi connectivity index (χ4v) is 3.07. The van der Waals surface area contributed by atoms with Gasteiger partial charge in [-0.1, -0.05) is 19.1 Å². The van der Waals surface area contributed by atoms with E-state index in [1.54, 1.807) is 31.8 Å². The highest BCUT2D eigenvalue weighted by molar-refractivity contribution is 5.61. The van der Waals surface area contributed by atoms with Gasteiger partial charge in [0.25, 0.3) is 5.56 Å². The minimum absolute atomic E-state index is 0.172. The number of benzene rings is 1. The Morgan fingerprint density at radius 1 is 1.22 bits per heavy atom. The van der Waals surface area contributed by atoms with Crippen molar-refractivity contribution in [1.82, 2.24) is 14.6 Å². The molecule has 0 aliphatic rings. The molecule has 0 aliphatic carbocycles. The number of pyridine rings is 2. The molecule has 0 fully saturated rings. The summed E-state index contributed by atoms with van der Waals surface area (Å²) in [6.07, 6.45) is 5.99. The van der Waals surface area contributed by atoms with E-state index >= 15 is 0 Å². The van der Waals surface area contributed by atoms with Crippen molar-refractivity contribution >= 4 is 11.5 Å². The smallest absolute Gasteiger partial charge is 0.255 e. The number of hydrogen-bond donors (Lipinski definition) is 3. The number of hydrogen-bond acceptors (Lipinski definition) is 7.